The van der Waals surface area contributed by atoms with E-state index >= 15 is 0 Å². The first-order chi connectivity index (χ1) is 29.2. The first-order valence-corrected chi connectivity index (χ1v) is 23.3. The van der Waals surface area contributed by atoms with Crippen LogP contribution in [0.4, 0.5) is 0 Å². The molecule has 0 radical (unpaired) electrons. The Hall–Kier alpha value is -3.89. The van der Waals surface area contributed by atoms with E-state index in [2.05, 4.69) is 123 Å². The van der Waals surface area contributed by atoms with Crippen molar-refractivity contribution in [1.29, 1.82) is 0 Å². The zero-order valence-corrected chi connectivity index (χ0v) is 37.4. The van der Waals surface area contributed by atoms with Gasteiger partial charge in [0.1, 0.15) is 6.61 Å². The fourth-order valence-electron chi connectivity index (χ4n) is 4.94. The maximum atomic E-state index is 12.6. The molecule has 3 atom stereocenters. The predicted octanol–water partition coefficient (Wildman–Crippen LogP) is 11.7. The van der Waals surface area contributed by atoms with Gasteiger partial charge in [-0.3, -0.25) is 18.6 Å². The van der Waals surface area contributed by atoms with Gasteiger partial charge in [0.2, 0.25) is 0 Å². The Labute approximate surface area is 362 Å². The summed E-state index contributed by atoms with van der Waals surface area (Å²) in [6.45, 7) is 3.15. The summed E-state index contributed by atoms with van der Waals surface area (Å²) in [6, 6.07) is 0. The molecule has 0 rings (SSSR count). The molecular formula is C49H76NO9P. The summed E-state index contributed by atoms with van der Waals surface area (Å²) in [5, 5.41) is 10.3. The fourth-order valence-corrected chi connectivity index (χ4v) is 5.71. The second kappa shape index (κ2) is 43.2. The third-order valence-electron chi connectivity index (χ3n) is 8.15. The number of allylic oxidation sites excluding steroid dienone is 21. The van der Waals surface area contributed by atoms with Gasteiger partial charge in [0.15, 0.2) is 6.10 Å². The number of phosphoric ester groups is 1. The molecule has 0 aromatic carbocycles. The van der Waals surface area contributed by atoms with E-state index in [0.717, 1.165) is 83.5 Å². The maximum Gasteiger partial charge on any atom is 0.472 e. The van der Waals surface area contributed by atoms with E-state index in [1.54, 1.807) is 12.2 Å². The average molecular weight is 854 g/mol. The zero-order valence-electron chi connectivity index (χ0n) is 36.5. The molecule has 0 aliphatic carbocycles. The second-order valence-corrected chi connectivity index (χ2v) is 15.1. The molecule has 0 saturated carbocycles. The highest BCUT2D eigenvalue weighted by molar-refractivity contribution is 7.47. The van der Waals surface area contributed by atoms with Gasteiger partial charge in [0.25, 0.3) is 0 Å². The van der Waals surface area contributed by atoms with E-state index in [1.165, 1.54) is 0 Å². The number of unbranched alkanes of at least 4 members (excludes halogenated alkanes) is 3. The van der Waals surface area contributed by atoms with Gasteiger partial charge in [-0.25, -0.2) is 4.57 Å². The highest BCUT2D eigenvalue weighted by atomic mass is 31.2. The molecule has 0 aromatic heterocycles. The van der Waals surface area contributed by atoms with Gasteiger partial charge in [-0.05, 0) is 89.9 Å². The van der Waals surface area contributed by atoms with Crippen LogP contribution in [0, 0.1) is 0 Å². The molecule has 2 unspecified atom stereocenters. The van der Waals surface area contributed by atoms with E-state index in [0.29, 0.717) is 6.42 Å². The molecule has 4 N–H and O–H groups in total. The highest BCUT2D eigenvalue weighted by Gasteiger charge is 2.26. The molecule has 0 fully saturated rings. The van der Waals surface area contributed by atoms with Crippen LogP contribution in [0.25, 0.3) is 0 Å². The summed E-state index contributed by atoms with van der Waals surface area (Å²) in [4.78, 5) is 34.9. The normalized spacial score (nSPS) is 15.1. The largest absolute Gasteiger partial charge is 0.472 e. The number of phosphoric acid groups is 1. The van der Waals surface area contributed by atoms with Crippen molar-refractivity contribution < 1.29 is 42.7 Å². The van der Waals surface area contributed by atoms with Crippen molar-refractivity contribution in [2.24, 2.45) is 5.73 Å². The van der Waals surface area contributed by atoms with Gasteiger partial charge >= 0.3 is 19.8 Å². The van der Waals surface area contributed by atoms with Crippen LogP contribution in [-0.2, 0) is 32.7 Å². The van der Waals surface area contributed by atoms with Crippen LogP contribution in [0.2, 0.25) is 0 Å². The molecule has 336 valence electrons. The minimum Gasteiger partial charge on any atom is -0.462 e. The lowest BCUT2D eigenvalue weighted by Gasteiger charge is -2.20. The Balaban J connectivity index is 4.48. The SMILES string of the molecule is CC/C=C\C/C=C\C/C=C\C/C=C\C/C=C\C=C/C(O)CCC(=O)OC[C@H](COP(=O)(O)OCCN)OC(=O)CCCCC/C=C\C/C=C\C/C=C\C/C=C\C/C=C\CC. The van der Waals surface area contributed by atoms with Crippen LogP contribution < -0.4 is 5.73 Å². The summed E-state index contributed by atoms with van der Waals surface area (Å²) in [6.07, 6.45) is 56.7. The molecule has 0 saturated heterocycles. The van der Waals surface area contributed by atoms with Crippen molar-refractivity contribution in [3.8, 4) is 0 Å². The van der Waals surface area contributed by atoms with Crippen LogP contribution in [0.3, 0.4) is 0 Å². The number of esters is 2. The summed E-state index contributed by atoms with van der Waals surface area (Å²) in [5.74, 6) is -1.17. The Morgan fingerprint density at radius 3 is 1.57 bits per heavy atom. The molecule has 0 aromatic rings. The van der Waals surface area contributed by atoms with Crippen LogP contribution in [0.1, 0.15) is 123 Å². The second-order valence-electron chi connectivity index (χ2n) is 13.6. The molecular weight excluding hydrogens is 778 g/mol. The standard InChI is InChI=1S/C49H76NO9P/c1-3-5-7-9-11-13-15-17-19-21-22-23-25-27-29-31-33-35-37-39-49(53)59-47(45-58-60(54,55)57-43-42-50)44-56-48(52)41-40-46(51)38-36-34-32-30-28-26-24-20-18-16-14-12-10-8-6-4-2/h5-8,11-14,17-20,22-23,26-29,32,34,36,38,46-47,51H,3-4,9-10,15-16,21,24-25,30-31,33,35,37,39-45,50H2,1-2H3,(H,54,55)/b7-5-,8-6-,13-11-,14-12-,19-17-,20-18-,23-22-,28-26-,29-27-,34-32-,38-36-/t46?,47-/m1/s1. The molecule has 0 amide bonds. The fraction of sp³-hybridized carbons (Fsp3) is 0.510. The molecule has 60 heavy (non-hydrogen) atoms. The van der Waals surface area contributed by atoms with Crippen molar-refractivity contribution in [2.45, 2.75) is 135 Å². The summed E-state index contributed by atoms with van der Waals surface area (Å²) in [5.41, 5.74) is 5.33. The third kappa shape index (κ3) is 42.2. The zero-order chi connectivity index (χ0) is 44.0. The number of aliphatic hydroxyl groups is 1. The molecule has 0 aliphatic rings. The van der Waals surface area contributed by atoms with Crippen molar-refractivity contribution >= 4 is 19.8 Å². The van der Waals surface area contributed by atoms with Crippen molar-refractivity contribution in [3.05, 3.63) is 134 Å². The summed E-state index contributed by atoms with van der Waals surface area (Å²) < 4.78 is 32.6. The monoisotopic (exact) mass is 854 g/mol. The van der Waals surface area contributed by atoms with E-state index < -0.39 is 45.2 Å². The van der Waals surface area contributed by atoms with Crippen LogP contribution in [0.5, 0.6) is 0 Å². The van der Waals surface area contributed by atoms with Gasteiger partial charge in [0.05, 0.1) is 19.3 Å². The smallest absolute Gasteiger partial charge is 0.462 e. The first-order valence-electron chi connectivity index (χ1n) is 21.8. The minimum atomic E-state index is -4.45. The number of rotatable bonds is 38. The molecule has 10 nitrogen and oxygen atoms in total. The predicted molar refractivity (Wildman–Crippen MR) is 248 cm³/mol. The van der Waals surface area contributed by atoms with Gasteiger partial charge < -0.3 is 25.2 Å². The van der Waals surface area contributed by atoms with Crippen molar-refractivity contribution in [1.82, 2.24) is 0 Å². The third-order valence-corrected chi connectivity index (χ3v) is 9.13. The molecule has 0 aliphatic heterocycles. The minimum absolute atomic E-state index is 0.00831. The van der Waals surface area contributed by atoms with Gasteiger partial charge in [0, 0.05) is 19.4 Å². The molecule has 0 bridgehead atoms. The van der Waals surface area contributed by atoms with E-state index in [1.807, 2.05) is 12.2 Å². The van der Waals surface area contributed by atoms with E-state index in [-0.39, 0.29) is 32.4 Å². The van der Waals surface area contributed by atoms with Gasteiger partial charge in [-0.1, -0.05) is 154 Å². The lowest BCUT2D eigenvalue weighted by Crippen LogP contribution is -2.29. The van der Waals surface area contributed by atoms with Crippen LogP contribution in [0.15, 0.2) is 134 Å². The lowest BCUT2D eigenvalue weighted by molar-refractivity contribution is -0.161. The molecule has 0 spiro atoms. The highest BCUT2D eigenvalue weighted by Crippen LogP contribution is 2.43. The summed E-state index contributed by atoms with van der Waals surface area (Å²) in [7, 11) is -4.45. The Morgan fingerprint density at radius 2 is 1.07 bits per heavy atom. The van der Waals surface area contributed by atoms with Crippen LogP contribution in [-0.4, -0.2) is 60.5 Å². The Kier molecular flexibility index (Phi) is 40.4. The average Bonchev–Trinajstić information content (AvgIpc) is 3.23. The maximum absolute atomic E-state index is 12.6. The Bertz CT molecular complexity index is 1450. The number of carbonyl (C=O) groups excluding carboxylic acids is 2. The van der Waals surface area contributed by atoms with Crippen molar-refractivity contribution in [2.75, 3.05) is 26.4 Å². The van der Waals surface area contributed by atoms with Crippen LogP contribution >= 0.6 is 7.82 Å². The van der Waals surface area contributed by atoms with E-state index in [4.69, 9.17) is 24.3 Å². The lowest BCUT2D eigenvalue weighted by atomic mass is 10.1. The number of ether oxygens (including phenoxy) is 2. The molecule has 0 heterocycles. The number of carbonyl (C=O) groups is 2. The van der Waals surface area contributed by atoms with Crippen molar-refractivity contribution in [3.63, 3.8) is 0 Å². The number of aliphatic hydroxyl groups excluding tert-OH is 1. The topological polar surface area (TPSA) is 155 Å². The molecule has 11 heteroatoms. The number of hydrogen-bond donors (Lipinski definition) is 3. The quantitative estimate of drug-likeness (QED) is 0.0180. The van der Waals surface area contributed by atoms with E-state index in [9.17, 15) is 24.2 Å². The number of hydrogen-bond acceptors (Lipinski definition) is 9. The number of nitrogens with two attached hydrogens (primary N) is 1. The van der Waals surface area contributed by atoms with Gasteiger partial charge in [-0.2, -0.15) is 0 Å². The Morgan fingerprint density at radius 1 is 0.583 bits per heavy atom. The first kappa shape index (κ1) is 56.1. The summed E-state index contributed by atoms with van der Waals surface area (Å²) >= 11 is 0. The van der Waals surface area contributed by atoms with Gasteiger partial charge in [-0.15, -0.1) is 0 Å².